The van der Waals surface area contributed by atoms with E-state index in [1.807, 2.05) is 0 Å². The molecule has 1 saturated carbocycles. The highest BCUT2D eigenvalue weighted by molar-refractivity contribution is 5.76. The molecule has 1 amide bonds. The first-order chi connectivity index (χ1) is 10.1. The van der Waals surface area contributed by atoms with Crippen molar-refractivity contribution in [2.75, 3.05) is 13.2 Å². The summed E-state index contributed by atoms with van der Waals surface area (Å²) in [5.41, 5.74) is 3.55. The van der Waals surface area contributed by atoms with Crippen molar-refractivity contribution in [1.82, 2.24) is 15.1 Å². The Hall–Kier alpha value is -1.36. The number of carbonyl (C=O) groups excluding carboxylic acids is 1. The molecule has 116 valence electrons. The molecule has 3 rings (SSSR count). The Kier molecular flexibility index (Phi) is 4.29. The zero-order valence-corrected chi connectivity index (χ0v) is 13.0. The van der Waals surface area contributed by atoms with Crippen LogP contribution in [0.5, 0.6) is 0 Å². The second kappa shape index (κ2) is 6.18. The topological polar surface area (TPSA) is 56.2 Å². The Balaban J connectivity index is 1.62. The molecule has 1 aromatic rings. The summed E-state index contributed by atoms with van der Waals surface area (Å²) in [6.45, 7) is 6.55. The molecule has 2 heterocycles. The Labute approximate surface area is 126 Å². The molecule has 0 spiro atoms. The predicted molar refractivity (Wildman–Crippen MR) is 80.0 cm³/mol. The number of amides is 1. The van der Waals surface area contributed by atoms with Gasteiger partial charge >= 0.3 is 0 Å². The van der Waals surface area contributed by atoms with Crippen molar-refractivity contribution in [2.45, 2.75) is 58.6 Å². The van der Waals surface area contributed by atoms with Gasteiger partial charge in [-0.15, -0.1) is 0 Å². The SMILES string of the molecule is CC(C)n1nc(CCC(=O)NCC2CC2)c2c1CCOC2. The summed E-state index contributed by atoms with van der Waals surface area (Å²) in [4.78, 5) is 11.9. The lowest BCUT2D eigenvalue weighted by molar-refractivity contribution is -0.121. The van der Waals surface area contributed by atoms with Crippen molar-refractivity contribution in [3.8, 4) is 0 Å². The van der Waals surface area contributed by atoms with Gasteiger partial charge in [-0.1, -0.05) is 0 Å². The Morgan fingerprint density at radius 3 is 3.00 bits per heavy atom. The van der Waals surface area contributed by atoms with E-state index >= 15 is 0 Å². The summed E-state index contributed by atoms with van der Waals surface area (Å²) >= 11 is 0. The van der Waals surface area contributed by atoms with Crippen LogP contribution in [0.2, 0.25) is 0 Å². The highest BCUT2D eigenvalue weighted by Crippen LogP contribution is 2.27. The average Bonchev–Trinajstić information content (AvgIpc) is 3.23. The van der Waals surface area contributed by atoms with E-state index in [0.29, 0.717) is 25.5 Å². The van der Waals surface area contributed by atoms with Crippen LogP contribution in [0.25, 0.3) is 0 Å². The first-order valence-electron chi connectivity index (χ1n) is 8.08. The second-order valence-electron chi connectivity index (χ2n) is 6.46. The van der Waals surface area contributed by atoms with Gasteiger partial charge in [0, 0.05) is 43.1 Å². The Morgan fingerprint density at radius 1 is 1.48 bits per heavy atom. The number of fused-ring (bicyclic) bond motifs is 1. The number of aryl methyl sites for hydroxylation is 1. The van der Waals surface area contributed by atoms with Crippen LogP contribution < -0.4 is 5.32 Å². The molecule has 1 N–H and O–H groups in total. The molecule has 0 aromatic carbocycles. The van der Waals surface area contributed by atoms with Gasteiger partial charge < -0.3 is 10.1 Å². The lowest BCUT2D eigenvalue weighted by Gasteiger charge is -2.16. The number of hydrogen-bond donors (Lipinski definition) is 1. The van der Waals surface area contributed by atoms with Gasteiger partial charge in [-0.3, -0.25) is 9.48 Å². The van der Waals surface area contributed by atoms with Gasteiger partial charge in [-0.25, -0.2) is 0 Å². The fourth-order valence-electron chi connectivity index (χ4n) is 2.86. The number of carbonyl (C=O) groups is 1. The minimum Gasteiger partial charge on any atom is -0.376 e. The van der Waals surface area contributed by atoms with Crippen molar-refractivity contribution in [2.24, 2.45) is 5.92 Å². The van der Waals surface area contributed by atoms with E-state index in [0.717, 1.165) is 31.2 Å². The minimum absolute atomic E-state index is 0.145. The predicted octanol–water partition coefficient (Wildman–Crippen LogP) is 2.00. The van der Waals surface area contributed by atoms with Gasteiger partial charge in [-0.05, 0) is 32.6 Å². The number of nitrogens with zero attached hydrogens (tertiary/aromatic N) is 2. The third kappa shape index (κ3) is 3.46. The number of aromatic nitrogens is 2. The van der Waals surface area contributed by atoms with Gasteiger partial charge in [0.2, 0.25) is 5.91 Å². The summed E-state index contributed by atoms with van der Waals surface area (Å²) < 4.78 is 7.68. The van der Waals surface area contributed by atoms with E-state index in [1.165, 1.54) is 24.1 Å². The Bertz CT molecular complexity index is 518. The van der Waals surface area contributed by atoms with E-state index < -0.39 is 0 Å². The summed E-state index contributed by atoms with van der Waals surface area (Å²) in [6.07, 6.45) is 4.69. The molecule has 0 bridgehead atoms. The highest BCUT2D eigenvalue weighted by atomic mass is 16.5. The number of hydrogen-bond acceptors (Lipinski definition) is 3. The van der Waals surface area contributed by atoms with E-state index in [9.17, 15) is 4.79 Å². The molecule has 2 aliphatic rings. The molecule has 5 nitrogen and oxygen atoms in total. The number of ether oxygens (including phenoxy) is 1. The lowest BCUT2D eigenvalue weighted by atomic mass is 10.1. The molecule has 21 heavy (non-hydrogen) atoms. The summed E-state index contributed by atoms with van der Waals surface area (Å²) in [5, 5.41) is 7.75. The molecular weight excluding hydrogens is 266 g/mol. The molecule has 1 fully saturated rings. The van der Waals surface area contributed by atoms with Crippen LogP contribution in [0.15, 0.2) is 0 Å². The van der Waals surface area contributed by atoms with Gasteiger partial charge in [0.15, 0.2) is 0 Å². The molecule has 0 saturated heterocycles. The maximum absolute atomic E-state index is 11.9. The van der Waals surface area contributed by atoms with Crippen LogP contribution in [0.3, 0.4) is 0 Å². The molecule has 1 aliphatic heterocycles. The zero-order chi connectivity index (χ0) is 14.8. The molecule has 1 aromatic heterocycles. The van der Waals surface area contributed by atoms with Gasteiger partial charge in [0.05, 0.1) is 18.9 Å². The summed E-state index contributed by atoms with van der Waals surface area (Å²) in [6, 6.07) is 0.356. The van der Waals surface area contributed by atoms with Crippen LogP contribution in [0.4, 0.5) is 0 Å². The normalized spacial score (nSPS) is 17.9. The van der Waals surface area contributed by atoms with Crippen molar-refractivity contribution in [3.63, 3.8) is 0 Å². The van der Waals surface area contributed by atoms with Crippen molar-refractivity contribution >= 4 is 5.91 Å². The van der Waals surface area contributed by atoms with Crippen LogP contribution in [0.1, 0.15) is 56.1 Å². The highest BCUT2D eigenvalue weighted by Gasteiger charge is 2.24. The van der Waals surface area contributed by atoms with Crippen molar-refractivity contribution in [1.29, 1.82) is 0 Å². The average molecular weight is 291 g/mol. The monoisotopic (exact) mass is 291 g/mol. The van der Waals surface area contributed by atoms with Crippen LogP contribution in [-0.2, 0) is 29.0 Å². The number of rotatable bonds is 6. The van der Waals surface area contributed by atoms with E-state index in [1.54, 1.807) is 0 Å². The maximum Gasteiger partial charge on any atom is 0.220 e. The van der Waals surface area contributed by atoms with Crippen molar-refractivity contribution < 1.29 is 9.53 Å². The fraction of sp³-hybridized carbons (Fsp3) is 0.750. The molecule has 5 heteroatoms. The van der Waals surface area contributed by atoms with E-state index in [-0.39, 0.29) is 5.91 Å². The van der Waals surface area contributed by atoms with Gasteiger partial charge in [0.1, 0.15) is 0 Å². The lowest BCUT2D eigenvalue weighted by Crippen LogP contribution is -2.25. The quantitative estimate of drug-likeness (QED) is 0.872. The fourth-order valence-corrected chi connectivity index (χ4v) is 2.86. The maximum atomic E-state index is 11.9. The molecule has 0 radical (unpaired) electrons. The standard InChI is InChI=1S/C16H25N3O2/c1-11(2)19-15-7-8-21-10-13(15)14(18-19)5-6-16(20)17-9-12-3-4-12/h11-12H,3-10H2,1-2H3,(H,17,20). The third-order valence-electron chi connectivity index (χ3n) is 4.29. The zero-order valence-electron chi connectivity index (χ0n) is 13.0. The molecule has 0 unspecified atom stereocenters. The van der Waals surface area contributed by atoms with E-state index in [4.69, 9.17) is 9.84 Å². The summed E-state index contributed by atoms with van der Waals surface area (Å²) in [7, 11) is 0. The van der Waals surface area contributed by atoms with Crippen LogP contribution in [0, 0.1) is 5.92 Å². The third-order valence-corrected chi connectivity index (χ3v) is 4.29. The first-order valence-corrected chi connectivity index (χ1v) is 8.08. The molecular formula is C16H25N3O2. The van der Waals surface area contributed by atoms with Crippen molar-refractivity contribution in [3.05, 3.63) is 17.0 Å². The smallest absolute Gasteiger partial charge is 0.220 e. The minimum atomic E-state index is 0.145. The van der Waals surface area contributed by atoms with Gasteiger partial charge in [-0.2, -0.15) is 5.10 Å². The number of nitrogens with one attached hydrogen (secondary N) is 1. The summed E-state index contributed by atoms with van der Waals surface area (Å²) in [5.74, 6) is 0.877. The van der Waals surface area contributed by atoms with Crippen LogP contribution >= 0.6 is 0 Å². The van der Waals surface area contributed by atoms with Crippen LogP contribution in [-0.4, -0.2) is 28.8 Å². The molecule has 0 atom stereocenters. The second-order valence-corrected chi connectivity index (χ2v) is 6.46. The van der Waals surface area contributed by atoms with E-state index in [2.05, 4.69) is 23.8 Å². The first kappa shape index (κ1) is 14.6. The largest absolute Gasteiger partial charge is 0.376 e. The van der Waals surface area contributed by atoms with Gasteiger partial charge in [0.25, 0.3) is 0 Å². The Morgan fingerprint density at radius 2 is 2.29 bits per heavy atom. The molecule has 1 aliphatic carbocycles.